The fraction of sp³-hybridized carbons (Fsp3) is 0.571. The molecule has 1 aromatic heterocycles. The molecular formula is C35H45ClF3N7O4. The minimum absolute atomic E-state index is 0.133. The number of carbonyl (C=O) groups is 2. The molecule has 3 saturated heterocycles. The number of carbonyl (C=O) groups excluding carboxylic acids is 2. The number of nitrogens with zero attached hydrogens (tertiary/aromatic N) is 5. The van der Waals surface area contributed by atoms with Gasteiger partial charge in [0.2, 0.25) is 0 Å². The highest BCUT2D eigenvalue weighted by Gasteiger charge is 2.38. The van der Waals surface area contributed by atoms with Crippen molar-refractivity contribution in [1.29, 1.82) is 0 Å². The van der Waals surface area contributed by atoms with E-state index in [2.05, 4.69) is 27.1 Å². The number of likely N-dealkylation sites (tertiary alicyclic amines) is 2. The second kappa shape index (κ2) is 15.2. The van der Waals surface area contributed by atoms with Gasteiger partial charge in [-0.25, -0.2) is 9.59 Å². The quantitative estimate of drug-likeness (QED) is 0.352. The molecule has 0 saturated carbocycles. The fourth-order valence-electron chi connectivity index (χ4n) is 7.68. The summed E-state index contributed by atoms with van der Waals surface area (Å²) in [5.41, 5.74) is 0.220. The van der Waals surface area contributed by atoms with E-state index in [1.54, 1.807) is 9.47 Å². The van der Waals surface area contributed by atoms with Crippen LogP contribution < -0.4 is 11.0 Å². The Morgan fingerprint density at radius 2 is 1.64 bits per heavy atom. The van der Waals surface area contributed by atoms with E-state index in [1.165, 1.54) is 18.0 Å². The summed E-state index contributed by atoms with van der Waals surface area (Å²) in [6.45, 7) is 5.49. The molecule has 11 nitrogen and oxygen atoms in total. The van der Waals surface area contributed by atoms with Crippen molar-refractivity contribution in [2.45, 2.75) is 62.9 Å². The summed E-state index contributed by atoms with van der Waals surface area (Å²) < 4.78 is 49.7. The molecule has 3 fully saturated rings. The lowest BCUT2D eigenvalue weighted by molar-refractivity contribution is -0.142. The predicted molar refractivity (Wildman–Crippen MR) is 186 cm³/mol. The molecule has 0 spiro atoms. The Morgan fingerprint density at radius 3 is 2.34 bits per heavy atom. The van der Waals surface area contributed by atoms with Gasteiger partial charge in [-0.1, -0.05) is 23.7 Å². The largest absolute Gasteiger partial charge is 0.436 e. The van der Waals surface area contributed by atoms with Gasteiger partial charge in [0.05, 0.1) is 27.3 Å². The zero-order chi connectivity index (χ0) is 35.6. The molecule has 3 aliphatic heterocycles. The summed E-state index contributed by atoms with van der Waals surface area (Å²) in [4.78, 5) is 51.3. The number of benzene rings is 2. The van der Waals surface area contributed by atoms with E-state index in [0.29, 0.717) is 32.0 Å². The molecule has 2 N–H and O–H groups in total. The molecule has 50 heavy (non-hydrogen) atoms. The van der Waals surface area contributed by atoms with E-state index in [-0.39, 0.29) is 47.5 Å². The summed E-state index contributed by atoms with van der Waals surface area (Å²) in [7, 11) is 3.48. The van der Waals surface area contributed by atoms with Crippen LogP contribution in [0.2, 0.25) is 5.02 Å². The third-order valence-corrected chi connectivity index (χ3v) is 10.7. The number of halogens is 4. The first-order valence-corrected chi connectivity index (χ1v) is 17.7. The van der Waals surface area contributed by atoms with Crippen LogP contribution in [0, 0.1) is 0 Å². The number of para-hydroxylation sites is 2. The number of amides is 2. The molecule has 272 valence electrons. The van der Waals surface area contributed by atoms with Crippen LogP contribution >= 0.6 is 11.6 Å². The average Bonchev–Trinajstić information content (AvgIpc) is 3.28. The Morgan fingerprint density at radius 1 is 0.960 bits per heavy atom. The number of fused-ring (bicyclic) bond motifs is 1. The zero-order valence-corrected chi connectivity index (χ0v) is 29.2. The molecule has 1 atom stereocenters. The topological polar surface area (TPSA) is 106 Å². The van der Waals surface area contributed by atoms with Crippen molar-refractivity contribution in [3.05, 3.63) is 63.0 Å². The van der Waals surface area contributed by atoms with Gasteiger partial charge >= 0.3 is 18.0 Å². The van der Waals surface area contributed by atoms with Gasteiger partial charge < -0.3 is 29.7 Å². The van der Waals surface area contributed by atoms with Crippen LogP contribution in [0.3, 0.4) is 0 Å². The van der Waals surface area contributed by atoms with Gasteiger partial charge in [-0.3, -0.25) is 14.3 Å². The van der Waals surface area contributed by atoms with Crippen molar-refractivity contribution in [2.75, 3.05) is 71.8 Å². The van der Waals surface area contributed by atoms with Crippen molar-refractivity contribution in [1.82, 2.24) is 29.2 Å². The maximum Gasteiger partial charge on any atom is 0.418 e. The van der Waals surface area contributed by atoms with Gasteiger partial charge in [-0.05, 0) is 82.1 Å². The number of nitrogens with one attached hydrogen (secondary N) is 2. The zero-order valence-electron chi connectivity index (χ0n) is 28.5. The smallest absolute Gasteiger partial charge is 0.418 e. The number of imidazole rings is 1. The van der Waals surface area contributed by atoms with E-state index in [4.69, 9.17) is 16.3 Å². The number of likely N-dealkylation sites (N-methyl/N-ethyl adjacent to an activating group) is 1. The number of aromatic nitrogens is 2. The van der Waals surface area contributed by atoms with Gasteiger partial charge in [0.1, 0.15) is 0 Å². The normalized spacial score (nSPS) is 19.8. The average molecular weight is 720 g/mol. The summed E-state index contributed by atoms with van der Waals surface area (Å²) in [5, 5.41) is 2.37. The van der Waals surface area contributed by atoms with Crippen molar-refractivity contribution in [2.24, 2.45) is 0 Å². The predicted octanol–water partition coefficient (Wildman–Crippen LogP) is 5.06. The lowest BCUT2D eigenvalue weighted by Gasteiger charge is -2.39. The van der Waals surface area contributed by atoms with Crippen LogP contribution in [0.4, 0.5) is 23.7 Å². The van der Waals surface area contributed by atoms with Crippen LogP contribution in [0.1, 0.15) is 49.3 Å². The van der Waals surface area contributed by atoms with Crippen LogP contribution in [0.25, 0.3) is 11.0 Å². The summed E-state index contributed by atoms with van der Waals surface area (Å²) in [6, 6.07) is 9.96. The van der Waals surface area contributed by atoms with E-state index in [1.807, 2.05) is 24.3 Å². The number of hydrogen-bond donors (Lipinski definition) is 2. The number of ether oxygens (including phenoxy) is 1. The van der Waals surface area contributed by atoms with Crippen molar-refractivity contribution in [3.8, 4) is 0 Å². The SMILES string of the molecule is CNc1c(Cl)cc(C[C@@H](OC(=O)N2CCC(n3c(=O)[nH]c4ccccc43)CC2)C(=O)N2CCC(N3CCCN(C)CC3)CC2)cc1C(F)(F)F. The number of hydrogen-bond acceptors (Lipinski definition) is 7. The van der Waals surface area contributed by atoms with Gasteiger partial charge in [0.25, 0.3) is 5.91 Å². The Labute approximate surface area is 294 Å². The molecule has 2 amide bonds. The molecule has 4 heterocycles. The van der Waals surface area contributed by atoms with Crippen molar-refractivity contribution < 1.29 is 27.5 Å². The maximum atomic E-state index is 14.1. The highest BCUT2D eigenvalue weighted by molar-refractivity contribution is 6.33. The number of aromatic amines is 1. The molecule has 0 aliphatic carbocycles. The van der Waals surface area contributed by atoms with Crippen LogP contribution in [0.5, 0.6) is 0 Å². The minimum atomic E-state index is -4.70. The van der Waals surface area contributed by atoms with Crippen LogP contribution in [0.15, 0.2) is 41.2 Å². The van der Waals surface area contributed by atoms with E-state index in [0.717, 1.165) is 62.5 Å². The highest BCUT2D eigenvalue weighted by atomic mass is 35.5. The van der Waals surface area contributed by atoms with E-state index < -0.39 is 29.8 Å². The molecule has 0 bridgehead atoms. The Hall–Kier alpha value is -3.75. The third-order valence-electron chi connectivity index (χ3n) is 10.4. The summed E-state index contributed by atoms with van der Waals surface area (Å²) >= 11 is 6.29. The Kier molecular flexibility index (Phi) is 11.0. The third kappa shape index (κ3) is 7.92. The van der Waals surface area contributed by atoms with Crippen molar-refractivity contribution in [3.63, 3.8) is 0 Å². The Bertz CT molecular complexity index is 1730. The van der Waals surface area contributed by atoms with Crippen molar-refractivity contribution >= 4 is 40.3 Å². The molecular weight excluding hydrogens is 675 g/mol. The number of anilines is 1. The molecule has 0 unspecified atom stereocenters. The number of H-pyrrole nitrogens is 1. The van der Waals surface area contributed by atoms with Gasteiger partial charge in [-0.2, -0.15) is 13.2 Å². The second-order valence-corrected chi connectivity index (χ2v) is 14.0. The molecule has 6 rings (SSSR count). The van der Waals surface area contributed by atoms with E-state index >= 15 is 0 Å². The Balaban J connectivity index is 1.17. The van der Waals surface area contributed by atoms with Crippen LogP contribution in [-0.4, -0.2) is 120 Å². The highest BCUT2D eigenvalue weighted by Crippen LogP contribution is 2.40. The van der Waals surface area contributed by atoms with Gasteiger partial charge in [0, 0.05) is 64.8 Å². The molecule has 15 heteroatoms. The first kappa shape index (κ1) is 36.1. The minimum Gasteiger partial charge on any atom is -0.436 e. The number of piperidine rings is 2. The van der Waals surface area contributed by atoms with Gasteiger partial charge in [-0.15, -0.1) is 0 Å². The lowest BCUT2D eigenvalue weighted by atomic mass is 9.99. The first-order chi connectivity index (χ1) is 23.9. The van der Waals surface area contributed by atoms with E-state index in [9.17, 15) is 27.6 Å². The maximum absolute atomic E-state index is 14.1. The summed E-state index contributed by atoms with van der Waals surface area (Å²) in [6.07, 6.45) is -3.44. The number of alkyl halides is 3. The molecule has 3 aliphatic rings. The number of rotatable bonds is 7. The monoisotopic (exact) mass is 719 g/mol. The standard InChI is InChI=1S/C35H45ClF3N7O4/c1-40-31-26(35(37,38)39)20-23(21-27(31)36)22-30(32(47)44-14-8-24(9-15-44)43-13-5-12-42(2)18-19-43)50-34(49)45-16-10-25(11-17-45)46-29-7-4-3-6-28(29)41-33(46)48/h3-4,6-7,20-21,24-25,30,40H,5,8-19,22H2,1-2H3,(H,41,48)/t30-/m1/s1. The second-order valence-electron chi connectivity index (χ2n) is 13.6. The molecule has 2 aromatic carbocycles. The lowest BCUT2D eigenvalue weighted by Crippen LogP contribution is -2.51. The molecule has 0 radical (unpaired) electrons. The van der Waals surface area contributed by atoms with Gasteiger partial charge in [0.15, 0.2) is 6.10 Å². The summed E-state index contributed by atoms with van der Waals surface area (Å²) in [5.74, 6) is -0.435. The first-order valence-electron chi connectivity index (χ1n) is 17.4. The fourth-order valence-corrected chi connectivity index (χ4v) is 8.01. The molecule has 3 aromatic rings. The van der Waals surface area contributed by atoms with Crippen LogP contribution in [-0.2, 0) is 22.1 Å².